The molecule has 5 nitrogen and oxygen atoms in total. The summed E-state index contributed by atoms with van der Waals surface area (Å²) in [4.78, 5) is 13.5. The smallest absolute Gasteiger partial charge is 0.228 e. The summed E-state index contributed by atoms with van der Waals surface area (Å²) in [7, 11) is 0. The second-order valence-electron chi connectivity index (χ2n) is 4.32. The molecule has 1 aromatic rings. The van der Waals surface area contributed by atoms with Crippen molar-refractivity contribution in [1.82, 2.24) is 15.1 Å². The van der Waals surface area contributed by atoms with Crippen molar-refractivity contribution in [3.05, 3.63) is 18.0 Å². The number of nitrogens with one attached hydrogen (secondary N) is 1. The highest BCUT2D eigenvalue weighted by atomic mass is 16.3. The average molecular weight is 209 g/mol. The molecule has 0 radical (unpaired) electrons. The molecule has 1 atom stereocenters. The molecule has 82 valence electrons. The molecule has 2 rings (SSSR count). The highest BCUT2D eigenvalue weighted by Crippen LogP contribution is 2.20. The van der Waals surface area contributed by atoms with E-state index in [9.17, 15) is 9.90 Å². The van der Waals surface area contributed by atoms with Crippen molar-refractivity contribution in [3.63, 3.8) is 0 Å². The predicted molar refractivity (Wildman–Crippen MR) is 54.1 cm³/mol. The van der Waals surface area contributed by atoms with Crippen molar-refractivity contribution in [2.24, 2.45) is 0 Å². The third-order valence-electron chi connectivity index (χ3n) is 2.70. The van der Waals surface area contributed by atoms with E-state index in [4.69, 9.17) is 0 Å². The van der Waals surface area contributed by atoms with Crippen molar-refractivity contribution in [2.45, 2.75) is 25.4 Å². The zero-order valence-electron chi connectivity index (χ0n) is 8.73. The second kappa shape index (κ2) is 3.66. The number of aliphatic hydroxyl groups is 1. The monoisotopic (exact) mass is 209 g/mol. The van der Waals surface area contributed by atoms with E-state index in [0.717, 1.165) is 5.69 Å². The van der Waals surface area contributed by atoms with Gasteiger partial charge in [-0.2, -0.15) is 5.10 Å². The van der Waals surface area contributed by atoms with Crippen LogP contribution in [0.2, 0.25) is 0 Å². The predicted octanol–water partition coefficient (Wildman–Crippen LogP) is -0.0645. The highest BCUT2D eigenvalue weighted by Gasteiger charge is 2.33. The Bertz CT molecular complexity index is 346. The number of aromatic amines is 1. The minimum absolute atomic E-state index is 0.0389. The lowest BCUT2D eigenvalue weighted by Crippen LogP contribution is -2.34. The molecule has 5 heteroatoms. The van der Waals surface area contributed by atoms with Gasteiger partial charge in [0.2, 0.25) is 5.91 Å². The number of nitrogens with zero attached hydrogens (tertiary/aromatic N) is 2. The number of hydrogen-bond donors (Lipinski definition) is 2. The third kappa shape index (κ3) is 2.36. The maximum Gasteiger partial charge on any atom is 0.228 e. The number of H-pyrrole nitrogens is 1. The molecule has 1 unspecified atom stereocenters. The molecular formula is C10H15N3O2. The van der Waals surface area contributed by atoms with E-state index in [-0.39, 0.29) is 5.91 Å². The third-order valence-corrected chi connectivity index (χ3v) is 2.70. The molecule has 1 aromatic heterocycles. The van der Waals surface area contributed by atoms with Gasteiger partial charge in [-0.05, 0) is 19.4 Å². The van der Waals surface area contributed by atoms with Crippen LogP contribution in [0.25, 0.3) is 0 Å². The molecule has 1 fully saturated rings. The summed E-state index contributed by atoms with van der Waals surface area (Å²) in [6.45, 7) is 2.83. The maximum atomic E-state index is 11.8. The fourth-order valence-electron chi connectivity index (χ4n) is 1.82. The lowest BCUT2D eigenvalue weighted by Gasteiger charge is -2.18. The Labute approximate surface area is 88.1 Å². The van der Waals surface area contributed by atoms with E-state index in [0.29, 0.717) is 25.9 Å². The quantitative estimate of drug-likeness (QED) is 0.716. The number of β-amino-alcohol motifs (C(OH)–C–C–N with tert-alkyl or cyclic N) is 1. The van der Waals surface area contributed by atoms with Gasteiger partial charge in [0, 0.05) is 25.0 Å². The lowest BCUT2D eigenvalue weighted by molar-refractivity contribution is -0.130. The van der Waals surface area contributed by atoms with Crippen molar-refractivity contribution < 1.29 is 9.90 Å². The molecule has 0 bridgehead atoms. The Morgan fingerprint density at radius 1 is 1.80 bits per heavy atom. The summed E-state index contributed by atoms with van der Waals surface area (Å²) in [5.74, 6) is 0.0389. The molecule has 0 aliphatic carbocycles. The molecule has 0 aromatic carbocycles. The average Bonchev–Trinajstić information content (AvgIpc) is 2.74. The van der Waals surface area contributed by atoms with E-state index in [1.807, 2.05) is 0 Å². The van der Waals surface area contributed by atoms with Gasteiger partial charge >= 0.3 is 0 Å². The summed E-state index contributed by atoms with van der Waals surface area (Å²) in [6.07, 6.45) is 2.61. The van der Waals surface area contributed by atoms with Crippen LogP contribution in [0.3, 0.4) is 0 Å². The SMILES string of the molecule is CC1(O)CCN(C(=O)Cc2ccn[nH]2)C1. The van der Waals surface area contributed by atoms with Gasteiger partial charge in [-0.15, -0.1) is 0 Å². The van der Waals surface area contributed by atoms with Gasteiger partial charge in [0.1, 0.15) is 0 Å². The van der Waals surface area contributed by atoms with Crippen molar-refractivity contribution in [3.8, 4) is 0 Å². The first-order chi connectivity index (χ1) is 7.07. The first kappa shape index (κ1) is 10.2. The number of aromatic nitrogens is 2. The van der Waals surface area contributed by atoms with Crippen LogP contribution in [-0.4, -0.2) is 44.8 Å². The Morgan fingerprint density at radius 2 is 2.60 bits per heavy atom. The molecule has 15 heavy (non-hydrogen) atoms. The Morgan fingerprint density at radius 3 is 3.13 bits per heavy atom. The summed E-state index contributed by atoms with van der Waals surface area (Å²) in [5, 5.41) is 16.3. The second-order valence-corrected chi connectivity index (χ2v) is 4.32. The molecule has 0 saturated carbocycles. The summed E-state index contributed by atoms with van der Waals surface area (Å²) in [6, 6.07) is 1.78. The van der Waals surface area contributed by atoms with Crippen LogP contribution in [0.4, 0.5) is 0 Å². The van der Waals surface area contributed by atoms with E-state index < -0.39 is 5.60 Å². The standard InChI is InChI=1S/C10H15N3O2/c1-10(15)3-5-13(7-10)9(14)6-8-2-4-11-12-8/h2,4,15H,3,5-7H2,1H3,(H,11,12). The normalized spacial score (nSPS) is 25.9. The summed E-state index contributed by atoms with van der Waals surface area (Å²) < 4.78 is 0. The van der Waals surface area contributed by atoms with Crippen LogP contribution >= 0.6 is 0 Å². The van der Waals surface area contributed by atoms with Gasteiger partial charge in [0.15, 0.2) is 0 Å². The van der Waals surface area contributed by atoms with Crippen molar-refractivity contribution in [1.29, 1.82) is 0 Å². The Hall–Kier alpha value is -1.36. The van der Waals surface area contributed by atoms with Crippen LogP contribution in [0, 0.1) is 0 Å². The van der Waals surface area contributed by atoms with Crippen LogP contribution in [0.1, 0.15) is 19.0 Å². The van der Waals surface area contributed by atoms with Crippen molar-refractivity contribution in [2.75, 3.05) is 13.1 Å². The van der Waals surface area contributed by atoms with E-state index in [1.165, 1.54) is 0 Å². The van der Waals surface area contributed by atoms with Crippen LogP contribution in [0.15, 0.2) is 12.3 Å². The fourth-order valence-corrected chi connectivity index (χ4v) is 1.82. The molecule has 0 spiro atoms. The minimum Gasteiger partial charge on any atom is -0.388 e. The van der Waals surface area contributed by atoms with Gasteiger partial charge in [-0.3, -0.25) is 9.89 Å². The fraction of sp³-hybridized carbons (Fsp3) is 0.600. The largest absolute Gasteiger partial charge is 0.388 e. The van der Waals surface area contributed by atoms with Gasteiger partial charge < -0.3 is 10.0 Å². The number of hydrogen-bond acceptors (Lipinski definition) is 3. The van der Waals surface area contributed by atoms with E-state index in [1.54, 1.807) is 24.1 Å². The van der Waals surface area contributed by atoms with Gasteiger partial charge in [0.25, 0.3) is 0 Å². The van der Waals surface area contributed by atoms with Crippen molar-refractivity contribution >= 4 is 5.91 Å². The highest BCUT2D eigenvalue weighted by molar-refractivity contribution is 5.78. The minimum atomic E-state index is -0.719. The van der Waals surface area contributed by atoms with Crippen LogP contribution < -0.4 is 0 Å². The molecule has 2 N–H and O–H groups in total. The van der Waals surface area contributed by atoms with Gasteiger partial charge in [0.05, 0.1) is 12.0 Å². The Kier molecular flexibility index (Phi) is 2.48. The molecule has 1 aliphatic heterocycles. The molecule has 2 heterocycles. The first-order valence-corrected chi connectivity index (χ1v) is 5.05. The number of carbonyl (C=O) groups excluding carboxylic acids is 1. The zero-order chi connectivity index (χ0) is 10.9. The van der Waals surface area contributed by atoms with Crippen LogP contribution in [0.5, 0.6) is 0 Å². The molecule has 1 saturated heterocycles. The molecule has 1 amide bonds. The first-order valence-electron chi connectivity index (χ1n) is 5.05. The zero-order valence-corrected chi connectivity index (χ0v) is 8.73. The lowest BCUT2D eigenvalue weighted by atomic mass is 10.1. The van der Waals surface area contributed by atoms with Gasteiger partial charge in [-0.25, -0.2) is 0 Å². The number of carbonyl (C=O) groups is 1. The molecular weight excluding hydrogens is 194 g/mol. The summed E-state index contributed by atoms with van der Waals surface area (Å²) >= 11 is 0. The summed E-state index contributed by atoms with van der Waals surface area (Å²) in [5.41, 5.74) is 0.0930. The van der Waals surface area contributed by atoms with E-state index in [2.05, 4.69) is 10.2 Å². The number of rotatable bonds is 2. The van der Waals surface area contributed by atoms with Crippen LogP contribution in [-0.2, 0) is 11.2 Å². The Balaban J connectivity index is 1.93. The maximum absolute atomic E-state index is 11.8. The van der Waals surface area contributed by atoms with E-state index >= 15 is 0 Å². The number of likely N-dealkylation sites (tertiary alicyclic amines) is 1. The van der Waals surface area contributed by atoms with Gasteiger partial charge in [-0.1, -0.05) is 0 Å². The topological polar surface area (TPSA) is 69.2 Å². The number of amides is 1. The molecule has 1 aliphatic rings.